The van der Waals surface area contributed by atoms with E-state index in [2.05, 4.69) is 58.5 Å². The van der Waals surface area contributed by atoms with E-state index in [-0.39, 0.29) is 77.0 Å². The van der Waals surface area contributed by atoms with Crippen LogP contribution in [-0.4, -0.2) is 305 Å². The average Bonchev–Trinajstić information content (AvgIpc) is 1.64. The number of hydrogen-bond acceptors (Lipinski definition) is 26. The second-order valence-electron chi connectivity index (χ2n) is 30.9. The molecule has 128 heavy (non-hydrogen) atoms. The SMILES string of the molecule is CC[C@H](C)[C@H](NC(=O)[C@H](CC(=O)O)NC(=O)[C@H](Cc1ccccc1)NC(=O)[C@H](CC(N)=O)NC(=O)[C@H](CCC(=O)O)NC(=O)[C@H](CCC(=O)O)NC(=O)[C@H](CCCNC(=N)N)NC(=O)[C@H](CC(=O)O)NC(=O)[C@H](CC(=O)O)NC(=O)[C@H](CCC(=O)O)NC(=O)[C@@H]1CCCN1C(=O)[C@H](CC(N)=O)NC(=O)[C@H](CCCCN)NC(=O)[C@@H]1CCCN1C(=O)[C@@H](N)C(C)C)C(=O)O. The number of amides is 16. The smallest absolute Gasteiger partial charge is 0.326 e. The number of nitrogens with two attached hydrogens (primary N) is 5. The lowest BCUT2D eigenvalue weighted by Gasteiger charge is -2.31. The van der Waals surface area contributed by atoms with Crippen molar-refractivity contribution >= 4 is 142 Å². The first-order valence-corrected chi connectivity index (χ1v) is 41.0. The van der Waals surface area contributed by atoms with Crippen LogP contribution in [0.4, 0.5) is 0 Å². The predicted molar refractivity (Wildman–Crippen MR) is 440 cm³/mol. The summed E-state index contributed by atoms with van der Waals surface area (Å²) < 4.78 is 0. The molecule has 0 radical (unpaired) electrons. The van der Waals surface area contributed by atoms with Crippen LogP contribution in [0.5, 0.6) is 0 Å². The van der Waals surface area contributed by atoms with Gasteiger partial charge in [-0.3, -0.25) is 111 Å². The quantitative estimate of drug-likeness (QED) is 0.0164. The van der Waals surface area contributed by atoms with Crippen molar-refractivity contribution in [2.75, 3.05) is 26.2 Å². The van der Waals surface area contributed by atoms with E-state index in [0.29, 0.717) is 18.4 Å². The van der Waals surface area contributed by atoms with Crippen molar-refractivity contribution in [1.82, 2.24) is 78.9 Å². The van der Waals surface area contributed by atoms with Gasteiger partial charge in [0.25, 0.3) is 0 Å². The van der Waals surface area contributed by atoms with Crippen molar-refractivity contribution < 1.29 is 146 Å². The molecule has 1 aromatic rings. The Bertz CT molecular complexity index is 4200. The minimum Gasteiger partial charge on any atom is -0.481 e. The lowest BCUT2D eigenvalue weighted by molar-refractivity contribution is -0.145. The number of primary amides is 2. The Morgan fingerprint density at radius 3 is 1.10 bits per heavy atom. The highest BCUT2D eigenvalue weighted by Gasteiger charge is 2.45. The van der Waals surface area contributed by atoms with E-state index in [9.17, 15) is 146 Å². The summed E-state index contributed by atoms with van der Waals surface area (Å²) in [6, 6.07) is -20.1. The minimum atomic E-state index is -2.40. The van der Waals surface area contributed by atoms with Crippen molar-refractivity contribution in [1.29, 1.82) is 5.41 Å². The zero-order valence-electron chi connectivity index (χ0n) is 70.9. The van der Waals surface area contributed by atoms with Crippen molar-refractivity contribution in [3.05, 3.63) is 35.9 Å². The number of carboxylic acid groups (broad SMARTS) is 7. The Morgan fingerprint density at radius 1 is 0.406 bits per heavy atom. The van der Waals surface area contributed by atoms with Gasteiger partial charge < -0.3 is 143 Å². The van der Waals surface area contributed by atoms with Gasteiger partial charge in [0.1, 0.15) is 84.6 Å². The van der Waals surface area contributed by atoms with Crippen molar-refractivity contribution in [2.45, 2.75) is 260 Å². The summed E-state index contributed by atoms with van der Waals surface area (Å²) in [4.78, 5) is 311. The molecule has 2 aliphatic heterocycles. The van der Waals surface area contributed by atoms with Crippen LogP contribution in [0.2, 0.25) is 0 Å². The zero-order valence-corrected chi connectivity index (χ0v) is 70.9. The standard InChI is InChI=1S/C77H117N21O30/c1-5-37(4)61(76(127)128)96-71(122)48(35-59(111)112)94-67(118)44(30-38-14-7-6-8-15-38)90-68(119)45(31-52(79)99)91-65(116)42(21-24-55(103)104)87-64(115)41(20-23-54(101)102)86-62(113)40(17-11-27-84-77(82)83)85-69(120)46(33-57(107)108)93-70(121)47(34-58(109)110)92-66(117)43(22-25-56(105)106)89-72(123)50-18-12-28-97(50)74(125)49(32-53(80)100)95-63(114)39(16-9-10-26-78)88-73(124)51-19-13-29-98(51)75(126)60(81)36(2)3/h6-8,14-15,36-37,39-51,60-61H,5,9-13,16-35,78,81H2,1-4H3,(H2,79,99)(H2,80,100)(H,85,120)(H,86,113)(H,87,115)(H,88,124)(H,89,123)(H,90,119)(H,91,116)(H,92,117)(H,93,121)(H,94,118)(H,95,114)(H,96,122)(H,101,102)(H,103,104)(H,105,106)(H,107,108)(H,109,110)(H,111,112)(H,127,128)(H4,82,83,84)/t37-,39-,40-,41-,42-,43-,44-,45-,46-,47-,48-,49-,50-,51-,60-,61-/m0/s1. The predicted octanol–water partition coefficient (Wildman–Crippen LogP) is -8.70. The number of carbonyl (C=O) groups is 23. The first kappa shape index (κ1) is 108. The molecule has 0 spiro atoms. The Labute approximate surface area is 732 Å². The molecule has 1 aromatic carbocycles. The molecule has 51 nitrogen and oxygen atoms in total. The fourth-order valence-electron chi connectivity index (χ4n) is 13.4. The summed E-state index contributed by atoms with van der Waals surface area (Å²) in [7, 11) is 0. The van der Waals surface area contributed by atoms with Crippen LogP contribution in [0, 0.1) is 17.2 Å². The minimum absolute atomic E-state index is 0.0414. The maximum atomic E-state index is 14.5. The van der Waals surface area contributed by atoms with Gasteiger partial charge in [-0.25, -0.2) is 4.79 Å². The molecule has 2 heterocycles. The number of hydrogen-bond donors (Lipinski definition) is 26. The molecule has 0 unspecified atom stereocenters. The highest BCUT2D eigenvalue weighted by atomic mass is 16.4. The number of aliphatic carboxylic acids is 7. The largest absolute Gasteiger partial charge is 0.481 e. The fourth-order valence-corrected chi connectivity index (χ4v) is 13.4. The van der Waals surface area contributed by atoms with Gasteiger partial charge >= 0.3 is 41.8 Å². The van der Waals surface area contributed by atoms with Crippen LogP contribution in [0.15, 0.2) is 30.3 Å². The monoisotopic (exact) mass is 1820 g/mol. The molecule has 0 saturated carbocycles. The Kier molecular flexibility index (Phi) is 45.9. The van der Waals surface area contributed by atoms with Crippen LogP contribution in [0.25, 0.3) is 0 Å². The summed E-state index contributed by atoms with van der Waals surface area (Å²) in [5.74, 6) is -33.6. The van der Waals surface area contributed by atoms with E-state index in [4.69, 9.17) is 34.1 Å². The van der Waals surface area contributed by atoms with E-state index in [0.717, 1.165) is 4.90 Å². The lowest BCUT2D eigenvalue weighted by Crippen LogP contribution is -2.61. The molecule has 16 atom stereocenters. The maximum Gasteiger partial charge on any atom is 0.326 e. The number of carbonyl (C=O) groups excluding carboxylic acids is 16. The Hall–Kier alpha value is -13.8. The Morgan fingerprint density at radius 2 is 0.734 bits per heavy atom. The molecule has 0 bridgehead atoms. The Balaban J connectivity index is 2.01. The first-order valence-electron chi connectivity index (χ1n) is 41.0. The highest BCUT2D eigenvalue weighted by molar-refractivity contribution is 6.03. The summed E-state index contributed by atoms with van der Waals surface area (Å²) in [6.07, 6.45) is -11.8. The van der Waals surface area contributed by atoms with Gasteiger partial charge in [-0.2, -0.15) is 0 Å². The summed E-state index contributed by atoms with van der Waals surface area (Å²) in [6.45, 7) is 6.31. The second-order valence-corrected chi connectivity index (χ2v) is 30.9. The number of benzene rings is 1. The second kappa shape index (κ2) is 54.2. The third-order valence-corrected chi connectivity index (χ3v) is 20.5. The van der Waals surface area contributed by atoms with Gasteiger partial charge in [0.05, 0.1) is 38.1 Å². The van der Waals surface area contributed by atoms with Gasteiger partial charge in [0, 0.05) is 45.3 Å². The van der Waals surface area contributed by atoms with E-state index in [1.807, 2.05) is 10.6 Å². The summed E-state index contributed by atoms with van der Waals surface area (Å²) in [5, 5.41) is 105. The average molecular weight is 1820 g/mol. The number of unbranched alkanes of at least 4 members (excludes halogenated alkanes) is 1. The number of rotatable bonds is 59. The molecule has 2 saturated heterocycles. The lowest BCUT2D eigenvalue weighted by atomic mass is 9.98. The fraction of sp³-hybridized carbons (Fsp3) is 0.610. The first-order chi connectivity index (χ1) is 60.1. The zero-order chi connectivity index (χ0) is 96.5. The van der Waals surface area contributed by atoms with Crippen molar-refractivity contribution in [2.24, 2.45) is 40.5 Å². The molecule has 710 valence electrons. The molecule has 31 N–H and O–H groups in total. The highest BCUT2D eigenvalue weighted by Crippen LogP contribution is 2.24. The number of guanidine groups is 1. The van der Waals surface area contributed by atoms with Crippen LogP contribution in [0.3, 0.4) is 0 Å². The van der Waals surface area contributed by atoms with Crippen LogP contribution in [-0.2, 0) is 117 Å². The van der Waals surface area contributed by atoms with E-state index < -0.39 is 322 Å². The van der Waals surface area contributed by atoms with Gasteiger partial charge in [-0.05, 0) is 101 Å². The third-order valence-electron chi connectivity index (χ3n) is 20.5. The van der Waals surface area contributed by atoms with E-state index in [1.165, 1.54) is 36.1 Å². The molecule has 0 aromatic heterocycles. The third kappa shape index (κ3) is 38.0. The van der Waals surface area contributed by atoms with Gasteiger partial charge in [0.2, 0.25) is 94.5 Å². The van der Waals surface area contributed by atoms with Gasteiger partial charge in [-0.1, -0.05) is 64.4 Å². The molecule has 2 fully saturated rings. The van der Waals surface area contributed by atoms with Crippen LogP contribution >= 0.6 is 0 Å². The van der Waals surface area contributed by atoms with Gasteiger partial charge in [-0.15, -0.1) is 0 Å². The molecular formula is C77H117N21O30. The van der Waals surface area contributed by atoms with Crippen LogP contribution in [0.1, 0.15) is 168 Å². The number of nitrogens with zero attached hydrogens (tertiary/aromatic N) is 2. The molecule has 2 aliphatic rings. The van der Waals surface area contributed by atoms with Gasteiger partial charge in [0.15, 0.2) is 5.96 Å². The number of carboxylic acids is 7. The van der Waals surface area contributed by atoms with E-state index >= 15 is 0 Å². The molecular weight excluding hydrogens is 1700 g/mol. The van der Waals surface area contributed by atoms with E-state index in [1.54, 1.807) is 26.8 Å². The van der Waals surface area contributed by atoms with Crippen molar-refractivity contribution in [3.8, 4) is 0 Å². The molecule has 3 rings (SSSR count). The number of likely N-dealkylation sites (tertiary alicyclic amines) is 2. The molecule has 0 aliphatic carbocycles. The van der Waals surface area contributed by atoms with Crippen molar-refractivity contribution in [3.63, 3.8) is 0 Å². The normalized spacial score (nSPS) is 16.7. The molecule has 16 amide bonds. The maximum absolute atomic E-state index is 14.5. The topological polar surface area (TPSA) is 851 Å². The molecule has 51 heteroatoms. The summed E-state index contributed by atoms with van der Waals surface area (Å²) >= 11 is 0. The number of nitrogens with one attached hydrogen (secondary N) is 14. The summed E-state index contributed by atoms with van der Waals surface area (Å²) in [5.41, 5.74) is 28.6. The van der Waals surface area contributed by atoms with Crippen LogP contribution < -0.4 is 97.8 Å².